The summed E-state index contributed by atoms with van der Waals surface area (Å²) in [6.45, 7) is 2.62. The topological polar surface area (TPSA) is 65.1 Å². The summed E-state index contributed by atoms with van der Waals surface area (Å²) in [7, 11) is 0. The van der Waals surface area contributed by atoms with E-state index in [1.807, 2.05) is 13.0 Å². The van der Waals surface area contributed by atoms with Gasteiger partial charge in [0, 0.05) is 30.8 Å². The molecular formula is C13H11N5OS. The first-order chi connectivity index (χ1) is 9.74. The first kappa shape index (κ1) is 11.7. The zero-order valence-electron chi connectivity index (χ0n) is 10.8. The summed E-state index contributed by atoms with van der Waals surface area (Å²) in [5.74, 6) is 0.901. The highest BCUT2D eigenvalue weighted by Crippen LogP contribution is 2.23. The van der Waals surface area contributed by atoms with Crippen LogP contribution in [-0.2, 0) is 6.54 Å². The molecule has 0 saturated heterocycles. The van der Waals surface area contributed by atoms with Gasteiger partial charge in [0.05, 0.1) is 17.0 Å². The van der Waals surface area contributed by atoms with E-state index < -0.39 is 0 Å². The Morgan fingerprint density at radius 2 is 2.25 bits per heavy atom. The van der Waals surface area contributed by atoms with Crippen molar-refractivity contribution in [1.82, 2.24) is 24.1 Å². The van der Waals surface area contributed by atoms with Gasteiger partial charge in [0.15, 0.2) is 10.8 Å². The highest BCUT2D eigenvalue weighted by atomic mass is 32.2. The molecular weight excluding hydrogens is 274 g/mol. The molecule has 0 amide bonds. The maximum Gasteiger partial charge on any atom is 0.263 e. The molecule has 100 valence electrons. The van der Waals surface area contributed by atoms with Crippen LogP contribution in [0.2, 0.25) is 0 Å². The summed E-state index contributed by atoms with van der Waals surface area (Å²) < 4.78 is 3.42. The van der Waals surface area contributed by atoms with Crippen LogP contribution >= 0.6 is 11.8 Å². The van der Waals surface area contributed by atoms with Crippen molar-refractivity contribution < 1.29 is 0 Å². The zero-order chi connectivity index (χ0) is 13.7. The SMILES string of the molecule is Cc1cc2nccc(-c3cnc4n(c3=O)CCS4)n2n1. The predicted octanol–water partition coefficient (Wildman–Crippen LogP) is 1.37. The van der Waals surface area contributed by atoms with E-state index in [4.69, 9.17) is 0 Å². The lowest BCUT2D eigenvalue weighted by Gasteiger charge is -2.06. The zero-order valence-corrected chi connectivity index (χ0v) is 11.6. The van der Waals surface area contributed by atoms with Gasteiger partial charge < -0.3 is 0 Å². The van der Waals surface area contributed by atoms with Gasteiger partial charge in [-0.2, -0.15) is 5.10 Å². The fraction of sp³-hybridized carbons (Fsp3) is 0.231. The molecule has 1 aliphatic rings. The molecule has 0 aromatic carbocycles. The molecule has 3 aromatic rings. The Balaban J connectivity index is 2.03. The van der Waals surface area contributed by atoms with Gasteiger partial charge in [-0.3, -0.25) is 9.36 Å². The fourth-order valence-electron chi connectivity index (χ4n) is 2.41. The summed E-state index contributed by atoms with van der Waals surface area (Å²) in [6.07, 6.45) is 3.33. The maximum absolute atomic E-state index is 12.6. The average molecular weight is 285 g/mol. The van der Waals surface area contributed by atoms with Gasteiger partial charge >= 0.3 is 0 Å². The summed E-state index contributed by atoms with van der Waals surface area (Å²) in [5, 5.41) is 5.19. The first-order valence-corrected chi connectivity index (χ1v) is 7.27. The maximum atomic E-state index is 12.6. The van der Waals surface area contributed by atoms with Gasteiger partial charge in [0.1, 0.15) is 0 Å². The van der Waals surface area contributed by atoms with E-state index in [2.05, 4.69) is 15.1 Å². The molecule has 4 rings (SSSR count). The summed E-state index contributed by atoms with van der Waals surface area (Å²) >= 11 is 1.61. The van der Waals surface area contributed by atoms with Crippen molar-refractivity contribution in [2.24, 2.45) is 0 Å². The van der Waals surface area contributed by atoms with Crippen molar-refractivity contribution in [3.05, 3.63) is 40.6 Å². The van der Waals surface area contributed by atoms with Gasteiger partial charge in [-0.25, -0.2) is 14.5 Å². The molecule has 0 saturated carbocycles. The van der Waals surface area contributed by atoms with E-state index in [1.165, 1.54) is 0 Å². The Labute approximate surface area is 118 Å². The van der Waals surface area contributed by atoms with Crippen LogP contribution in [-0.4, -0.2) is 29.9 Å². The minimum Gasteiger partial charge on any atom is -0.286 e. The van der Waals surface area contributed by atoms with Gasteiger partial charge in [-0.1, -0.05) is 11.8 Å². The van der Waals surface area contributed by atoms with E-state index >= 15 is 0 Å². The van der Waals surface area contributed by atoms with Crippen LogP contribution in [0.5, 0.6) is 0 Å². The average Bonchev–Trinajstić information content (AvgIpc) is 3.04. The molecule has 0 aliphatic carbocycles. The monoisotopic (exact) mass is 285 g/mol. The van der Waals surface area contributed by atoms with Crippen LogP contribution in [0.3, 0.4) is 0 Å². The lowest BCUT2D eigenvalue weighted by atomic mass is 10.2. The van der Waals surface area contributed by atoms with Crippen LogP contribution < -0.4 is 5.56 Å². The van der Waals surface area contributed by atoms with E-state index in [1.54, 1.807) is 39.3 Å². The van der Waals surface area contributed by atoms with Crippen molar-refractivity contribution in [2.45, 2.75) is 18.6 Å². The number of nitrogens with zero attached hydrogens (tertiary/aromatic N) is 5. The van der Waals surface area contributed by atoms with Gasteiger partial charge in [-0.05, 0) is 13.0 Å². The van der Waals surface area contributed by atoms with Crippen molar-refractivity contribution >= 4 is 17.4 Å². The molecule has 0 spiro atoms. The third-order valence-corrected chi connectivity index (χ3v) is 4.28. The summed E-state index contributed by atoms with van der Waals surface area (Å²) in [6, 6.07) is 3.69. The van der Waals surface area contributed by atoms with Crippen molar-refractivity contribution in [2.75, 3.05) is 5.75 Å². The van der Waals surface area contributed by atoms with Gasteiger partial charge in [0.2, 0.25) is 0 Å². The molecule has 7 heteroatoms. The van der Waals surface area contributed by atoms with Crippen molar-refractivity contribution in [3.63, 3.8) is 0 Å². The third-order valence-electron chi connectivity index (χ3n) is 3.31. The number of fused-ring (bicyclic) bond motifs is 2. The normalized spacial score (nSPS) is 13.8. The minimum absolute atomic E-state index is 0.0133. The number of aryl methyl sites for hydroxylation is 1. The molecule has 0 radical (unpaired) electrons. The Bertz CT molecular complexity index is 882. The second-order valence-corrected chi connectivity index (χ2v) is 5.71. The van der Waals surface area contributed by atoms with E-state index in [0.717, 1.165) is 27.9 Å². The molecule has 0 bridgehead atoms. The number of hydrogen-bond donors (Lipinski definition) is 0. The van der Waals surface area contributed by atoms with Gasteiger partial charge in [0.25, 0.3) is 5.56 Å². The fourth-order valence-corrected chi connectivity index (χ4v) is 3.32. The lowest BCUT2D eigenvalue weighted by Crippen LogP contribution is -2.22. The minimum atomic E-state index is -0.0133. The van der Waals surface area contributed by atoms with E-state index in [0.29, 0.717) is 12.1 Å². The molecule has 6 nitrogen and oxygen atoms in total. The number of rotatable bonds is 1. The molecule has 0 fully saturated rings. The van der Waals surface area contributed by atoms with Gasteiger partial charge in [-0.15, -0.1) is 0 Å². The first-order valence-electron chi connectivity index (χ1n) is 6.28. The number of hydrogen-bond acceptors (Lipinski definition) is 5. The van der Waals surface area contributed by atoms with Crippen LogP contribution in [0.25, 0.3) is 16.9 Å². The largest absolute Gasteiger partial charge is 0.286 e. The number of aromatic nitrogens is 5. The summed E-state index contributed by atoms with van der Waals surface area (Å²) in [4.78, 5) is 21.2. The van der Waals surface area contributed by atoms with Crippen LogP contribution in [0.4, 0.5) is 0 Å². The van der Waals surface area contributed by atoms with Crippen LogP contribution in [0.15, 0.2) is 34.5 Å². The highest BCUT2D eigenvalue weighted by molar-refractivity contribution is 7.99. The molecule has 1 aliphatic heterocycles. The quantitative estimate of drug-likeness (QED) is 0.632. The molecule has 0 atom stereocenters. The van der Waals surface area contributed by atoms with Crippen molar-refractivity contribution in [1.29, 1.82) is 0 Å². The van der Waals surface area contributed by atoms with E-state index in [-0.39, 0.29) is 5.56 Å². The summed E-state index contributed by atoms with van der Waals surface area (Å²) in [5.41, 5.74) is 2.88. The molecule has 20 heavy (non-hydrogen) atoms. The molecule has 4 heterocycles. The molecule has 0 N–H and O–H groups in total. The Morgan fingerprint density at radius 3 is 3.15 bits per heavy atom. The lowest BCUT2D eigenvalue weighted by molar-refractivity contribution is 0.656. The Hall–Kier alpha value is -2.15. The Kier molecular flexibility index (Phi) is 2.43. The Morgan fingerprint density at radius 1 is 1.35 bits per heavy atom. The third kappa shape index (κ3) is 1.59. The van der Waals surface area contributed by atoms with Crippen LogP contribution in [0, 0.1) is 6.92 Å². The van der Waals surface area contributed by atoms with Crippen LogP contribution in [0.1, 0.15) is 5.69 Å². The number of thioether (sulfide) groups is 1. The molecule has 0 unspecified atom stereocenters. The standard InChI is InChI=1S/C13H11N5OS/c1-8-6-11-14-3-2-10(18(11)16-8)9-7-15-13-17(12(9)19)4-5-20-13/h2-3,6-7H,4-5H2,1H3. The molecule has 3 aromatic heterocycles. The smallest absolute Gasteiger partial charge is 0.263 e. The second-order valence-electron chi connectivity index (χ2n) is 4.65. The van der Waals surface area contributed by atoms with Crippen molar-refractivity contribution in [3.8, 4) is 11.3 Å². The van der Waals surface area contributed by atoms with E-state index in [9.17, 15) is 4.79 Å². The second kappa shape index (κ2) is 4.17. The highest BCUT2D eigenvalue weighted by Gasteiger charge is 2.18. The predicted molar refractivity (Wildman–Crippen MR) is 75.9 cm³/mol.